The fourth-order valence-corrected chi connectivity index (χ4v) is 2.62. The van der Waals surface area contributed by atoms with Crippen LogP contribution in [0.5, 0.6) is 0 Å². The summed E-state index contributed by atoms with van der Waals surface area (Å²) in [6.45, 7) is 4.28. The van der Waals surface area contributed by atoms with Gasteiger partial charge in [0.2, 0.25) is 5.91 Å². The van der Waals surface area contributed by atoms with Crippen molar-refractivity contribution in [2.45, 2.75) is 57.4 Å². The van der Waals surface area contributed by atoms with Gasteiger partial charge in [-0.3, -0.25) is 4.79 Å². The van der Waals surface area contributed by atoms with E-state index in [-0.39, 0.29) is 11.3 Å². The molecule has 1 saturated carbocycles. The van der Waals surface area contributed by atoms with E-state index in [1.54, 1.807) is 0 Å². The van der Waals surface area contributed by atoms with Crippen LogP contribution in [-0.4, -0.2) is 11.9 Å². The lowest BCUT2D eigenvalue weighted by atomic mass is 9.94. The molecule has 19 heavy (non-hydrogen) atoms. The molecule has 0 bridgehead atoms. The highest BCUT2D eigenvalue weighted by atomic mass is 16.2. The van der Waals surface area contributed by atoms with Gasteiger partial charge in [-0.2, -0.15) is 0 Å². The Bertz CT molecular complexity index is 435. The van der Waals surface area contributed by atoms with E-state index in [4.69, 9.17) is 5.73 Å². The first-order valence-electron chi connectivity index (χ1n) is 7.29. The number of nitrogens with one attached hydrogen (secondary N) is 1. The average molecular weight is 260 g/mol. The summed E-state index contributed by atoms with van der Waals surface area (Å²) in [6, 6.07) is 8.05. The Labute approximate surface area is 115 Å². The number of carbonyl (C=O) groups excluding carboxylic acids is 1. The van der Waals surface area contributed by atoms with Gasteiger partial charge >= 0.3 is 0 Å². The summed E-state index contributed by atoms with van der Waals surface area (Å²) in [7, 11) is 0. The molecule has 0 heterocycles. The number of hydrogen-bond donors (Lipinski definition) is 2. The summed E-state index contributed by atoms with van der Waals surface area (Å²) in [5, 5.41) is 3.21. The van der Waals surface area contributed by atoms with Gasteiger partial charge in [-0.25, -0.2) is 0 Å². The van der Waals surface area contributed by atoms with E-state index in [1.165, 1.54) is 0 Å². The summed E-state index contributed by atoms with van der Waals surface area (Å²) in [5.74, 6) is 0.192. The molecule has 0 aromatic heterocycles. The molecule has 3 N–H and O–H groups in total. The number of hydrogen-bond acceptors (Lipinski definition) is 2. The minimum Gasteiger partial charge on any atom is -0.399 e. The van der Waals surface area contributed by atoms with Gasteiger partial charge in [0.05, 0.1) is 5.41 Å². The van der Waals surface area contributed by atoms with Crippen molar-refractivity contribution in [2.75, 3.05) is 5.73 Å². The molecule has 1 aliphatic carbocycles. The summed E-state index contributed by atoms with van der Waals surface area (Å²) in [6.07, 6.45) is 5.06. The molecule has 1 aromatic carbocycles. The fourth-order valence-electron chi connectivity index (χ4n) is 2.62. The van der Waals surface area contributed by atoms with E-state index in [1.807, 2.05) is 24.3 Å². The van der Waals surface area contributed by atoms with Crippen molar-refractivity contribution < 1.29 is 4.79 Å². The van der Waals surface area contributed by atoms with Crippen molar-refractivity contribution in [3.05, 3.63) is 29.8 Å². The van der Waals surface area contributed by atoms with E-state index < -0.39 is 0 Å². The molecule has 3 heteroatoms. The van der Waals surface area contributed by atoms with Crippen LogP contribution in [0.3, 0.4) is 0 Å². The molecule has 0 saturated heterocycles. The first-order chi connectivity index (χ1) is 9.12. The van der Waals surface area contributed by atoms with Crippen molar-refractivity contribution in [3.8, 4) is 0 Å². The van der Waals surface area contributed by atoms with Gasteiger partial charge in [-0.15, -0.1) is 0 Å². The van der Waals surface area contributed by atoms with E-state index in [9.17, 15) is 4.79 Å². The van der Waals surface area contributed by atoms with Crippen LogP contribution in [0.4, 0.5) is 5.69 Å². The lowest BCUT2D eigenvalue weighted by Crippen LogP contribution is -2.41. The third-order valence-corrected chi connectivity index (χ3v) is 4.11. The first-order valence-corrected chi connectivity index (χ1v) is 7.29. The zero-order valence-electron chi connectivity index (χ0n) is 11.9. The van der Waals surface area contributed by atoms with E-state index >= 15 is 0 Å². The molecule has 0 radical (unpaired) electrons. The zero-order valence-corrected chi connectivity index (χ0v) is 11.9. The Morgan fingerprint density at radius 2 is 1.95 bits per heavy atom. The Morgan fingerprint density at radius 1 is 1.32 bits per heavy atom. The molecular formula is C16H24N2O. The first kappa shape index (κ1) is 13.9. The van der Waals surface area contributed by atoms with Crippen molar-refractivity contribution in [3.63, 3.8) is 0 Å². The van der Waals surface area contributed by atoms with E-state index in [2.05, 4.69) is 19.2 Å². The topological polar surface area (TPSA) is 55.1 Å². The highest BCUT2D eigenvalue weighted by Gasteiger charge is 2.51. The molecule has 1 fully saturated rings. The van der Waals surface area contributed by atoms with Crippen LogP contribution in [-0.2, 0) is 10.2 Å². The number of rotatable bonds is 6. The van der Waals surface area contributed by atoms with Gasteiger partial charge in [0, 0.05) is 11.7 Å². The van der Waals surface area contributed by atoms with Gasteiger partial charge in [0.15, 0.2) is 0 Å². The minimum atomic E-state index is -0.283. The molecule has 1 aliphatic rings. The van der Waals surface area contributed by atoms with Crippen LogP contribution >= 0.6 is 0 Å². The van der Waals surface area contributed by atoms with Crippen LogP contribution in [0.25, 0.3) is 0 Å². The van der Waals surface area contributed by atoms with Crippen molar-refractivity contribution in [2.24, 2.45) is 0 Å². The van der Waals surface area contributed by atoms with Gasteiger partial charge in [0.1, 0.15) is 0 Å². The molecule has 1 atom stereocenters. The predicted molar refractivity (Wildman–Crippen MR) is 78.9 cm³/mol. The molecule has 0 aliphatic heterocycles. The van der Waals surface area contributed by atoms with Crippen LogP contribution in [0, 0.1) is 0 Å². The second kappa shape index (κ2) is 5.64. The van der Waals surface area contributed by atoms with E-state index in [0.717, 1.165) is 43.4 Å². The highest BCUT2D eigenvalue weighted by molar-refractivity contribution is 5.91. The highest BCUT2D eigenvalue weighted by Crippen LogP contribution is 2.48. The maximum atomic E-state index is 12.5. The van der Waals surface area contributed by atoms with Gasteiger partial charge in [0.25, 0.3) is 0 Å². The molecule has 104 valence electrons. The smallest absolute Gasteiger partial charge is 0.230 e. The van der Waals surface area contributed by atoms with Crippen LogP contribution in [0.15, 0.2) is 24.3 Å². The molecule has 1 amide bonds. The van der Waals surface area contributed by atoms with Crippen LogP contribution < -0.4 is 11.1 Å². The molecule has 1 unspecified atom stereocenters. The number of carbonyl (C=O) groups is 1. The Balaban J connectivity index is 2.07. The number of nitrogens with two attached hydrogens (primary N) is 1. The molecule has 1 aromatic rings. The third kappa shape index (κ3) is 2.91. The Kier molecular flexibility index (Phi) is 4.13. The fraction of sp³-hybridized carbons (Fsp3) is 0.562. The van der Waals surface area contributed by atoms with Crippen molar-refractivity contribution >= 4 is 11.6 Å². The summed E-state index contributed by atoms with van der Waals surface area (Å²) in [5.41, 5.74) is 7.27. The SMILES string of the molecule is CCCC(CC)NC(=O)C1(c2ccc(N)cc2)CC1. The van der Waals surface area contributed by atoms with Crippen molar-refractivity contribution in [1.29, 1.82) is 0 Å². The maximum absolute atomic E-state index is 12.5. The maximum Gasteiger partial charge on any atom is 0.230 e. The quantitative estimate of drug-likeness (QED) is 0.773. The Hall–Kier alpha value is -1.51. The largest absolute Gasteiger partial charge is 0.399 e. The van der Waals surface area contributed by atoms with Crippen LogP contribution in [0.1, 0.15) is 51.5 Å². The van der Waals surface area contributed by atoms with Gasteiger partial charge in [-0.1, -0.05) is 32.4 Å². The minimum absolute atomic E-state index is 0.192. The molecule has 0 spiro atoms. The predicted octanol–water partition coefficient (Wildman–Crippen LogP) is 3.00. The molecule has 3 nitrogen and oxygen atoms in total. The number of nitrogen functional groups attached to an aromatic ring is 1. The lowest BCUT2D eigenvalue weighted by molar-refractivity contribution is -0.124. The number of amides is 1. The van der Waals surface area contributed by atoms with E-state index in [0.29, 0.717) is 6.04 Å². The summed E-state index contributed by atoms with van der Waals surface area (Å²) >= 11 is 0. The standard InChI is InChI=1S/C16H24N2O/c1-3-5-14(4-2)18-15(19)16(10-11-16)12-6-8-13(17)9-7-12/h6-9,14H,3-5,10-11,17H2,1-2H3,(H,18,19). The summed E-state index contributed by atoms with van der Waals surface area (Å²) < 4.78 is 0. The lowest BCUT2D eigenvalue weighted by Gasteiger charge is -2.21. The molecule has 2 rings (SSSR count). The van der Waals surface area contributed by atoms with Crippen molar-refractivity contribution in [1.82, 2.24) is 5.32 Å². The number of benzene rings is 1. The normalized spacial score (nSPS) is 17.8. The number of anilines is 1. The molecular weight excluding hydrogens is 236 g/mol. The zero-order chi connectivity index (χ0) is 13.9. The average Bonchev–Trinajstić information content (AvgIpc) is 3.20. The second-order valence-electron chi connectivity index (χ2n) is 5.57. The third-order valence-electron chi connectivity index (χ3n) is 4.11. The monoisotopic (exact) mass is 260 g/mol. The van der Waals surface area contributed by atoms with Gasteiger partial charge in [-0.05, 0) is 43.4 Å². The summed E-state index contributed by atoms with van der Waals surface area (Å²) in [4.78, 5) is 12.5. The van der Waals surface area contributed by atoms with Crippen LogP contribution in [0.2, 0.25) is 0 Å². The second-order valence-corrected chi connectivity index (χ2v) is 5.57. The Morgan fingerprint density at radius 3 is 2.42 bits per heavy atom. The van der Waals surface area contributed by atoms with Gasteiger partial charge < -0.3 is 11.1 Å².